The van der Waals surface area contributed by atoms with Gasteiger partial charge in [0.15, 0.2) is 10.6 Å². The number of methoxy groups -OCH3 is 1. The maximum absolute atomic E-state index is 13.5. The predicted molar refractivity (Wildman–Crippen MR) is 111 cm³/mol. The van der Waals surface area contributed by atoms with Gasteiger partial charge in [0.25, 0.3) is 5.91 Å². The molecule has 1 aliphatic rings. The highest BCUT2D eigenvalue weighted by atomic mass is 32.1. The molecule has 2 aromatic carbocycles. The first-order chi connectivity index (χ1) is 14.1. The average Bonchev–Trinajstić information content (AvgIpc) is 3.35. The summed E-state index contributed by atoms with van der Waals surface area (Å²) in [6, 6.07) is 12.1. The average molecular weight is 404 g/mol. The first kappa shape index (κ1) is 17.6. The fourth-order valence-electron chi connectivity index (χ4n) is 3.72. The van der Waals surface area contributed by atoms with Crippen molar-refractivity contribution in [3.63, 3.8) is 0 Å². The number of thiazole rings is 1. The standard InChI is InChI=1S/C22H16N2O4S/c1-12-3-8-16-15(11-12)19(25)17-18(13-4-6-14(27-2)7-5-13)24(21(26)20(17)28-16)22-23-9-10-29-22/h3-11,18H,1-2H3/t18-/m1/s1. The lowest BCUT2D eigenvalue weighted by atomic mass is 9.98. The van der Waals surface area contributed by atoms with E-state index in [9.17, 15) is 9.59 Å². The molecule has 5 rings (SSSR count). The summed E-state index contributed by atoms with van der Waals surface area (Å²) in [4.78, 5) is 32.6. The van der Waals surface area contributed by atoms with Gasteiger partial charge in [-0.15, -0.1) is 11.3 Å². The Kier molecular flexibility index (Phi) is 3.99. The van der Waals surface area contributed by atoms with Crippen LogP contribution in [-0.2, 0) is 0 Å². The van der Waals surface area contributed by atoms with Gasteiger partial charge >= 0.3 is 0 Å². The van der Waals surface area contributed by atoms with Crippen LogP contribution in [0.2, 0.25) is 0 Å². The fourth-order valence-corrected chi connectivity index (χ4v) is 4.39. The summed E-state index contributed by atoms with van der Waals surface area (Å²) in [5, 5.41) is 2.78. The van der Waals surface area contributed by atoms with Crippen LogP contribution in [0.25, 0.3) is 11.0 Å². The molecule has 1 atom stereocenters. The molecule has 6 nitrogen and oxygen atoms in total. The van der Waals surface area contributed by atoms with Crippen molar-refractivity contribution in [3.8, 4) is 5.75 Å². The predicted octanol–water partition coefficient (Wildman–Crippen LogP) is 4.32. The number of anilines is 1. The monoisotopic (exact) mass is 404 g/mol. The zero-order chi connectivity index (χ0) is 20.1. The summed E-state index contributed by atoms with van der Waals surface area (Å²) < 4.78 is 11.2. The Balaban J connectivity index is 1.80. The number of rotatable bonds is 3. The van der Waals surface area contributed by atoms with E-state index < -0.39 is 6.04 Å². The van der Waals surface area contributed by atoms with E-state index in [1.807, 2.05) is 37.3 Å². The summed E-state index contributed by atoms with van der Waals surface area (Å²) in [7, 11) is 1.59. The molecular weight excluding hydrogens is 388 g/mol. The van der Waals surface area contributed by atoms with E-state index >= 15 is 0 Å². The number of amides is 1. The molecule has 0 spiro atoms. The van der Waals surface area contributed by atoms with Crippen molar-refractivity contribution >= 4 is 33.3 Å². The Labute approximate surface area is 170 Å². The molecule has 0 N–H and O–H groups in total. The number of carbonyl (C=O) groups is 1. The summed E-state index contributed by atoms with van der Waals surface area (Å²) >= 11 is 1.34. The number of ether oxygens (including phenoxy) is 1. The molecule has 29 heavy (non-hydrogen) atoms. The van der Waals surface area contributed by atoms with Gasteiger partial charge in [0.1, 0.15) is 11.3 Å². The maximum Gasteiger partial charge on any atom is 0.297 e. The minimum absolute atomic E-state index is 0.0716. The molecule has 0 saturated carbocycles. The number of nitrogens with zero attached hydrogens (tertiary/aromatic N) is 2. The van der Waals surface area contributed by atoms with E-state index in [-0.39, 0.29) is 17.1 Å². The van der Waals surface area contributed by atoms with Gasteiger partial charge in [-0.25, -0.2) is 4.98 Å². The van der Waals surface area contributed by atoms with E-state index in [4.69, 9.17) is 9.15 Å². The molecule has 4 aromatic rings. The van der Waals surface area contributed by atoms with Crippen LogP contribution in [-0.4, -0.2) is 18.0 Å². The smallest absolute Gasteiger partial charge is 0.297 e. The molecule has 1 aliphatic heterocycles. The molecule has 0 fully saturated rings. The van der Waals surface area contributed by atoms with Gasteiger partial charge in [0.05, 0.1) is 24.1 Å². The second-order valence-corrected chi connectivity index (χ2v) is 7.71. The van der Waals surface area contributed by atoms with E-state index in [2.05, 4.69) is 4.98 Å². The van der Waals surface area contributed by atoms with Crippen LogP contribution in [0, 0.1) is 6.92 Å². The Morgan fingerprint density at radius 3 is 2.62 bits per heavy atom. The molecule has 0 aliphatic carbocycles. The lowest BCUT2D eigenvalue weighted by Gasteiger charge is -2.22. The highest BCUT2D eigenvalue weighted by molar-refractivity contribution is 7.13. The van der Waals surface area contributed by atoms with Crippen LogP contribution in [0.15, 0.2) is 63.3 Å². The van der Waals surface area contributed by atoms with E-state index in [0.717, 1.165) is 11.1 Å². The molecule has 0 saturated heterocycles. The minimum Gasteiger partial charge on any atom is -0.497 e. The van der Waals surface area contributed by atoms with Crippen molar-refractivity contribution in [2.24, 2.45) is 0 Å². The summed E-state index contributed by atoms with van der Waals surface area (Å²) in [5.74, 6) is 0.401. The highest BCUT2D eigenvalue weighted by Gasteiger charge is 2.44. The van der Waals surface area contributed by atoms with E-state index in [1.165, 1.54) is 16.2 Å². The number of hydrogen-bond donors (Lipinski definition) is 0. The molecule has 0 unspecified atom stereocenters. The van der Waals surface area contributed by atoms with Gasteiger partial charge in [0, 0.05) is 11.6 Å². The van der Waals surface area contributed by atoms with Crippen molar-refractivity contribution in [1.82, 2.24) is 4.98 Å². The molecule has 0 radical (unpaired) electrons. The van der Waals surface area contributed by atoms with Gasteiger partial charge < -0.3 is 9.15 Å². The summed E-state index contributed by atoms with van der Waals surface area (Å²) in [6.07, 6.45) is 1.64. The van der Waals surface area contributed by atoms with Crippen LogP contribution in [0.3, 0.4) is 0 Å². The second kappa shape index (κ2) is 6.56. The molecular formula is C22H16N2O4S. The number of aromatic nitrogens is 1. The summed E-state index contributed by atoms with van der Waals surface area (Å²) in [6.45, 7) is 1.92. The van der Waals surface area contributed by atoms with Crippen molar-refractivity contribution in [3.05, 3.63) is 86.7 Å². The summed E-state index contributed by atoms with van der Waals surface area (Å²) in [5.41, 5.74) is 2.29. The van der Waals surface area contributed by atoms with E-state index in [0.29, 0.717) is 27.4 Å². The topological polar surface area (TPSA) is 72.6 Å². The number of benzene rings is 2. The van der Waals surface area contributed by atoms with Crippen LogP contribution in [0.1, 0.15) is 33.3 Å². The third-order valence-electron chi connectivity index (χ3n) is 5.08. The van der Waals surface area contributed by atoms with Gasteiger partial charge in [-0.3, -0.25) is 14.5 Å². The normalized spacial score (nSPS) is 15.7. The molecule has 144 valence electrons. The zero-order valence-corrected chi connectivity index (χ0v) is 16.5. The number of carbonyl (C=O) groups excluding carboxylic acids is 1. The molecule has 7 heteroatoms. The molecule has 3 heterocycles. The van der Waals surface area contributed by atoms with Gasteiger partial charge in [-0.2, -0.15) is 0 Å². The number of aryl methyl sites for hydroxylation is 1. The van der Waals surface area contributed by atoms with Gasteiger partial charge in [-0.1, -0.05) is 23.8 Å². The van der Waals surface area contributed by atoms with Gasteiger partial charge in [0.2, 0.25) is 5.76 Å². The Hall–Kier alpha value is -3.45. The van der Waals surface area contributed by atoms with Crippen molar-refractivity contribution < 1.29 is 13.9 Å². The Bertz CT molecular complexity index is 1290. The second-order valence-electron chi connectivity index (χ2n) is 6.84. The van der Waals surface area contributed by atoms with E-state index in [1.54, 1.807) is 30.8 Å². The largest absolute Gasteiger partial charge is 0.497 e. The Morgan fingerprint density at radius 1 is 1.14 bits per heavy atom. The van der Waals surface area contributed by atoms with Crippen molar-refractivity contribution in [2.75, 3.05) is 12.0 Å². The zero-order valence-electron chi connectivity index (χ0n) is 15.7. The lowest BCUT2D eigenvalue weighted by Crippen LogP contribution is -2.29. The highest BCUT2D eigenvalue weighted by Crippen LogP contribution is 2.42. The van der Waals surface area contributed by atoms with Crippen LogP contribution in [0.5, 0.6) is 5.75 Å². The first-order valence-corrected chi connectivity index (χ1v) is 9.91. The molecule has 0 bridgehead atoms. The molecule has 2 aromatic heterocycles. The number of fused-ring (bicyclic) bond motifs is 2. The maximum atomic E-state index is 13.5. The number of hydrogen-bond acceptors (Lipinski definition) is 6. The minimum atomic E-state index is -0.615. The quantitative estimate of drug-likeness (QED) is 0.509. The van der Waals surface area contributed by atoms with Crippen LogP contribution >= 0.6 is 11.3 Å². The van der Waals surface area contributed by atoms with Crippen LogP contribution in [0.4, 0.5) is 5.13 Å². The first-order valence-electron chi connectivity index (χ1n) is 9.03. The lowest BCUT2D eigenvalue weighted by molar-refractivity contribution is 0.0971. The third-order valence-corrected chi connectivity index (χ3v) is 5.85. The fraction of sp³-hybridized carbons (Fsp3) is 0.136. The van der Waals surface area contributed by atoms with Crippen molar-refractivity contribution in [2.45, 2.75) is 13.0 Å². The van der Waals surface area contributed by atoms with Gasteiger partial charge in [-0.05, 0) is 36.8 Å². The Morgan fingerprint density at radius 2 is 1.93 bits per heavy atom. The SMILES string of the molecule is COc1ccc([C@@H]2c3c(oc4ccc(C)cc4c3=O)C(=O)N2c2nccs2)cc1. The third kappa shape index (κ3) is 2.66. The van der Waals surface area contributed by atoms with Crippen LogP contribution < -0.4 is 15.1 Å². The van der Waals surface area contributed by atoms with Crippen molar-refractivity contribution in [1.29, 1.82) is 0 Å². The molecule has 1 amide bonds.